The van der Waals surface area contributed by atoms with Gasteiger partial charge in [-0.1, -0.05) is 18.2 Å². The van der Waals surface area contributed by atoms with E-state index in [0.29, 0.717) is 25.1 Å². The van der Waals surface area contributed by atoms with E-state index < -0.39 is 6.09 Å². The smallest absolute Gasteiger partial charge is 0.410 e. The van der Waals surface area contributed by atoms with Crippen molar-refractivity contribution >= 4 is 12.5 Å². The Hall–Kier alpha value is -1.88. The zero-order chi connectivity index (χ0) is 11.8. The van der Waals surface area contributed by atoms with Gasteiger partial charge in [0, 0.05) is 6.54 Å². The fraction of sp³-hybridized carbons (Fsp3) is 0.273. The Labute approximate surface area is 93.8 Å². The first-order chi connectivity index (χ1) is 7.77. The lowest BCUT2D eigenvalue weighted by atomic mass is 10.3. The van der Waals surface area contributed by atoms with E-state index in [1.807, 2.05) is 6.07 Å². The van der Waals surface area contributed by atoms with E-state index in [1.54, 1.807) is 24.3 Å². The molecule has 2 amide bonds. The van der Waals surface area contributed by atoms with Crippen LogP contribution in [0.25, 0.3) is 0 Å². The van der Waals surface area contributed by atoms with Crippen LogP contribution in [0.2, 0.25) is 0 Å². The zero-order valence-electron chi connectivity index (χ0n) is 8.83. The van der Waals surface area contributed by atoms with E-state index >= 15 is 0 Å². The van der Waals surface area contributed by atoms with Crippen LogP contribution in [0.15, 0.2) is 30.3 Å². The molecule has 0 aromatic heterocycles. The second-order valence-electron chi connectivity index (χ2n) is 3.12. The van der Waals surface area contributed by atoms with Crippen LogP contribution in [-0.2, 0) is 4.79 Å². The number of benzene rings is 1. The second kappa shape index (κ2) is 6.58. The maximum absolute atomic E-state index is 11.5. The predicted molar refractivity (Wildman–Crippen MR) is 58.9 cm³/mol. The molecule has 0 bridgehead atoms. The third kappa shape index (κ3) is 3.70. The highest BCUT2D eigenvalue weighted by molar-refractivity contribution is 5.81. The summed E-state index contributed by atoms with van der Waals surface area (Å²) in [4.78, 5) is 23.1. The number of rotatable bonds is 5. The number of imide groups is 1. The van der Waals surface area contributed by atoms with E-state index in [-0.39, 0.29) is 6.54 Å². The third-order valence-corrected chi connectivity index (χ3v) is 1.91. The molecule has 0 heterocycles. The molecule has 2 N–H and O–H groups in total. The van der Waals surface area contributed by atoms with Gasteiger partial charge >= 0.3 is 6.09 Å². The molecule has 0 aliphatic heterocycles. The lowest BCUT2D eigenvalue weighted by molar-refractivity contribution is -0.116. The van der Waals surface area contributed by atoms with E-state index in [0.717, 1.165) is 4.90 Å². The number of hydrogen-bond donors (Lipinski definition) is 1. The van der Waals surface area contributed by atoms with Crippen molar-refractivity contribution in [1.29, 1.82) is 0 Å². The summed E-state index contributed by atoms with van der Waals surface area (Å²) in [7, 11) is 0. The van der Waals surface area contributed by atoms with Crippen LogP contribution >= 0.6 is 0 Å². The summed E-state index contributed by atoms with van der Waals surface area (Å²) in [5, 5.41) is 0. The minimum Gasteiger partial charge on any atom is -0.410 e. The highest BCUT2D eigenvalue weighted by atomic mass is 16.6. The molecular weight excluding hydrogens is 208 g/mol. The van der Waals surface area contributed by atoms with Crippen LogP contribution in [0.5, 0.6) is 5.75 Å². The van der Waals surface area contributed by atoms with Gasteiger partial charge in [0.2, 0.25) is 6.41 Å². The summed E-state index contributed by atoms with van der Waals surface area (Å²) in [5.41, 5.74) is 5.29. The van der Waals surface area contributed by atoms with Crippen molar-refractivity contribution in [3.05, 3.63) is 30.3 Å². The number of nitrogens with two attached hydrogens (primary N) is 1. The maximum atomic E-state index is 11.5. The fourth-order valence-corrected chi connectivity index (χ4v) is 1.10. The molecule has 1 aromatic carbocycles. The Balaban J connectivity index is 2.53. The average molecular weight is 222 g/mol. The molecule has 0 spiro atoms. The number of carbonyl (C=O) groups excluding carboxylic acids is 2. The van der Waals surface area contributed by atoms with Crippen molar-refractivity contribution in [1.82, 2.24) is 4.90 Å². The quantitative estimate of drug-likeness (QED) is 0.754. The molecule has 0 saturated carbocycles. The number of para-hydroxylation sites is 1. The molecule has 1 aromatic rings. The number of amides is 2. The molecule has 0 atom stereocenters. The van der Waals surface area contributed by atoms with Crippen molar-refractivity contribution in [2.75, 3.05) is 13.1 Å². The monoisotopic (exact) mass is 222 g/mol. The van der Waals surface area contributed by atoms with Crippen LogP contribution < -0.4 is 10.5 Å². The highest BCUT2D eigenvalue weighted by Crippen LogP contribution is 2.09. The van der Waals surface area contributed by atoms with E-state index in [4.69, 9.17) is 10.5 Å². The Morgan fingerprint density at radius 2 is 2.06 bits per heavy atom. The first-order valence-electron chi connectivity index (χ1n) is 4.97. The van der Waals surface area contributed by atoms with E-state index in [1.165, 1.54) is 0 Å². The van der Waals surface area contributed by atoms with Crippen LogP contribution in [0.1, 0.15) is 6.42 Å². The van der Waals surface area contributed by atoms with Crippen LogP contribution in [0, 0.1) is 0 Å². The highest BCUT2D eigenvalue weighted by Gasteiger charge is 2.13. The number of ether oxygens (including phenoxy) is 1. The van der Waals surface area contributed by atoms with Crippen LogP contribution in [-0.4, -0.2) is 30.5 Å². The topological polar surface area (TPSA) is 72.6 Å². The molecule has 0 unspecified atom stereocenters. The van der Waals surface area contributed by atoms with Crippen molar-refractivity contribution in [2.45, 2.75) is 6.42 Å². The fourth-order valence-electron chi connectivity index (χ4n) is 1.10. The molecule has 5 heteroatoms. The number of nitrogens with zero attached hydrogens (tertiary/aromatic N) is 1. The van der Waals surface area contributed by atoms with Crippen LogP contribution in [0.4, 0.5) is 4.79 Å². The van der Waals surface area contributed by atoms with Gasteiger partial charge in [0.15, 0.2) is 0 Å². The number of carbonyl (C=O) groups is 2. The summed E-state index contributed by atoms with van der Waals surface area (Å²) in [5.74, 6) is 0.409. The number of hydrogen-bond acceptors (Lipinski definition) is 4. The van der Waals surface area contributed by atoms with Crippen molar-refractivity contribution in [3.8, 4) is 5.75 Å². The normalized spacial score (nSPS) is 9.56. The molecule has 0 saturated heterocycles. The molecule has 0 aliphatic carbocycles. The average Bonchev–Trinajstić information content (AvgIpc) is 2.31. The standard InChI is InChI=1S/C11H14N2O3/c12-7-4-8-13(9-14)11(15)16-10-5-2-1-3-6-10/h1-3,5-6,9H,4,7-8,12H2. The van der Waals surface area contributed by atoms with E-state index in [9.17, 15) is 9.59 Å². The van der Waals surface area contributed by atoms with Gasteiger partial charge in [-0.25, -0.2) is 9.69 Å². The molecule has 1 rings (SSSR count). The molecule has 0 fully saturated rings. The lowest BCUT2D eigenvalue weighted by Gasteiger charge is -2.14. The summed E-state index contributed by atoms with van der Waals surface area (Å²) in [6.07, 6.45) is 0.318. The van der Waals surface area contributed by atoms with Gasteiger partial charge < -0.3 is 10.5 Å². The third-order valence-electron chi connectivity index (χ3n) is 1.91. The molecule has 0 radical (unpaired) electrons. The van der Waals surface area contributed by atoms with Crippen molar-refractivity contribution < 1.29 is 14.3 Å². The SMILES string of the molecule is NCCCN(C=O)C(=O)Oc1ccccc1. The summed E-state index contributed by atoms with van der Waals surface area (Å²) >= 11 is 0. The minimum absolute atomic E-state index is 0.270. The zero-order valence-corrected chi connectivity index (χ0v) is 8.83. The largest absolute Gasteiger partial charge is 0.421 e. The molecular formula is C11H14N2O3. The molecule has 16 heavy (non-hydrogen) atoms. The first kappa shape index (κ1) is 12.2. The minimum atomic E-state index is -0.686. The maximum Gasteiger partial charge on any atom is 0.421 e. The van der Waals surface area contributed by atoms with Gasteiger partial charge in [0.1, 0.15) is 5.75 Å². The van der Waals surface area contributed by atoms with Gasteiger partial charge in [0.05, 0.1) is 0 Å². The van der Waals surface area contributed by atoms with Crippen molar-refractivity contribution in [3.63, 3.8) is 0 Å². The van der Waals surface area contributed by atoms with Crippen LogP contribution in [0.3, 0.4) is 0 Å². The lowest BCUT2D eigenvalue weighted by Crippen LogP contribution is -2.34. The summed E-state index contributed by atoms with van der Waals surface area (Å²) in [6.45, 7) is 0.689. The van der Waals surface area contributed by atoms with Gasteiger partial charge in [-0.3, -0.25) is 4.79 Å². The van der Waals surface area contributed by atoms with Gasteiger partial charge in [-0.15, -0.1) is 0 Å². The Morgan fingerprint density at radius 3 is 2.62 bits per heavy atom. The summed E-state index contributed by atoms with van der Waals surface area (Å²) in [6, 6.07) is 8.58. The predicted octanol–water partition coefficient (Wildman–Crippen LogP) is 0.993. The second-order valence-corrected chi connectivity index (χ2v) is 3.12. The van der Waals surface area contributed by atoms with Gasteiger partial charge in [-0.2, -0.15) is 0 Å². The first-order valence-corrected chi connectivity index (χ1v) is 4.97. The van der Waals surface area contributed by atoms with E-state index in [2.05, 4.69) is 0 Å². The molecule has 0 aliphatic rings. The molecule has 5 nitrogen and oxygen atoms in total. The molecule has 86 valence electrons. The Morgan fingerprint density at radius 1 is 1.38 bits per heavy atom. The Kier molecular flexibility index (Phi) is 5.01. The van der Waals surface area contributed by atoms with Gasteiger partial charge in [0.25, 0.3) is 0 Å². The van der Waals surface area contributed by atoms with Crippen molar-refractivity contribution in [2.24, 2.45) is 5.73 Å². The summed E-state index contributed by atoms with van der Waals surface area (Å²) < 4.78 is 4.98. The van der Waals surface area contributed by atoms with Gasteiger partial charge in [-0.05, 0) is 25.1 Å². The Bertz CT molecular complexity index is 340.